The van der Waals surface area contributed by atoms with Crippen molar-refractivity contribution < 1.29 is 19.7 Å². The van der Waals surface area contributed by atoms with Crippen LogP contribution in [-0.4, -0.2) is 23.3 Å². The summed E-state index contributed by atoms with van der Waals surface area (Å²) >= 11 is 0. The van der Waals surface area contributed by atoms with Gasteiger partial charge in [0.05, 0.1) is 12.5 Å². The minimum Gasteiger partial charge on any atom is -0.508 e. The highest BCUT2D eigenvalue weighted by atomic mass is 16.5. The number of ether oxygens (including phenoxy) is 1. The first-order valence-corrected chi connectivity index (χ1v) is 5.17. The van der Waals surface area contributed by atoms with Gasteiger partial charge in [0.15, 0.2) is 0 Å². The number of carbonyl (C=O) groups is 1. The number of phenolic OH excluding ortho intramolecular Hbond substituents is 1. The monoisotopic (exact) mass is 222 g/mol. The summed E-state index contributed by atoms with van der Waals surface area (Å²) in [6.07, 6.45) is 1.73. The Morgan fingerprint density at radius 1 is 1.50 bits per heavy atom. The molecule has 0 aliphatic heterocycles. The lowest BCUT2D eigenvalue weighted by Crippen LogP contribution is -2.17. The van der Waals surface area contributed by atoms with Crippen molar-refractivity contribution >= 4 is 5.97 Å². The molecule has 1 aliphatic carbocycles. The second-order valence-corrected chi connectivity index (χ2v) is 4.26. The third kappa shape index (κ3) is 1.83. The molecule has 4 heteroatoms. The van der Waals surface area contributed by atoms with E-state index in [0.29, 0.717) is 30.6 Å². The Balaban J connectivity index is 2.24. The smallest absolute Gasteiger partial charge is 0.309 e. The predicted molar refractivity (Wildman–Crippen MR) is 57.7 cm³/mol. The SMILES string of the molecule is COc1ccc(O)c(CC2(C(=O)O)CC2)c1. The lowest BCUT2D eigenvalue weighted by molar-refractivity contribution is -0.143. The zero-order valence-electron chi connectivity index (χ0n) is 9.06. The van der Waals surface area contributed by atoms with Crippen molar-refractivity contribution in [1.82, 2.24) is 0 Å². The third-order valence-corrected chi connectivity index (χ3v) is 3.12. The normalized spacial score (nSPS) is 16.8. The van der Waals surface area contributed by atoms with E-state index in [9.17, 15) is 9.90 Å². The van der Waals surface area contributed by atoms with Gasteiger partial charge in [-0.1, -0.05) is 0 Å². The van der Waals surface area contributed by atoms with Crippen molar-refractivity contribution in [3.05, 3.63) is 23.8 Å². The summed E-state index contributed by atoms with van der Waals surface area (Å²) < 4.78 is 5.05. The van der Waals surface area contributed by atoms with Crippen LogP contribution >= 0.6 is 0 Å². The molecule has 0 amide bonds. The van der Waals surface area contributed by atoms with Gasteiger partial charge in [0.25, 0.3) is 0 Å². The average Bonchev–Trinajstić information content (AvgIpc) is 3.02. The molecule has 86 valence electrons. The lowest BCUT2D eigenvalue weighted by atomic mass is 9.96. The fourth-order valence-electron chi connectivity index (χ4n) is 1.81. The van der Waals surface area contributed by atoms with Crippen molar-refractivity contribution in [2.45, 2.75) is 19.3 Å². The van der Waals surface area contributed by atoms with Crippen LogP contribution in [0.1, 0.15) is 18.4 Å². The molecule has 1 aromatic carbocycles. The molecule has 0 aromatic heterocycles. The van der Waals surface area contributed by atoms with E-state index in [4.69, 9.17) is 9.84 Å². The summed E-state index contributed by atoms with van der Waals surface area (Å²) in [5.41, 5.74) is -0.0247. The molecule has 0 unspecified atom stereocenters. The molecule has 0 radical (unpaired) electrons. The van der Waals surface area contributed by atoms with Gasteiger partial charge >= 0.3 is 5.97 Å². The molecule has 0 saturated heterocycles. The Bertz CT molecular complexity index is 421. The van der Waals surface area contributed by atoms with Gasteiger partial charge in [-0.3, -0.25) is 4.79 Å². The van der Waals surface area contributed by atoms with E-state index in [1.165, 1.54) is 6.07 Å². The fraction of sp³-hybridized carbons (Fsp3) is 0.417. The molecular formula is C12H14O4. The number of methoxy groups -OCH3 is 1. The van der Waals surface area contributed by atoms with Crippen LogP contribution in [0.25, 0.3) is 0 Å². The highest BCUT2D eigenvalue weighted by Crippen LogP contribution is 2.49. The Hall–Kier alpha value is -1.71. The van der Waals surface area contributed by atoms with Crippen molar-refractivity contribution in [3.63, 3.8) is 0 Å². The van der Waals surface area contributed by atoms with E-state index in [1.54, 1.807) is 19.2 Å². The quantitative estimate of drug-likeness (QED) is 0.815. The van der Waals surface area contributed by atoms with Crippen LogP contribution in [0.2, 0.25) is 0 Å². The standard InChI is InChI=1S/C12H14O4/c1-16-9-2-3-10(13)8(6-9)7-12(4-5-12)11(14)15/h2-3,6,13H,4-5,7H2,1H3,(H,14,15). The van der Waals surface area contributed by atoms with Gasteiger partial charge < -0.3 is 14.9 Å². The van der Waals surface area contributed by atoms with Gasteiger partial charge in [-0.2, -0.15) is 0 Å². The van der Waals surface area contributed by atoms with Crippen molar-refractivity contribution in [2.75, 3.05) is 7.11 Å². The summed E-state index contributed by atoms with van der Waals surface area (Å²) in [7, 11) is 1.54. The molecule has 2 N–H and O–H groups in total. The molecule has 1 fully saturated rings. The van der Waals surface area contributed by atoms with Crippen molar-refractivity contribution in [2.24, 2.45) is 5.41 Å². The largest absolute Gasteiger partial charge is 0.508 e. The molecule has 1 saturated carbocycles. The van der Waals surface area contributed by atoms with Crippen LogP contribution in [-0.2, 0) is 11.2 Å². The summed E-state index contributed by atoms with van der Waals surface area (Å²) in [5, 5.41) is 18.7. The maximum Gasteiger partial charge on any atom is 0.309 e. The molecule has 0 spiro atoms. The maximum atomic E-state index is 11.0. The molecule has 0 heterocycles. The maximum absolute atomic E-state index is 11.0. The van der Waals surface area contributed by atoms with Crippen LogP contribution in [0.5, 0.6) is 11.5 Å². The summed E-state index contributed by atoms with van der Waals surface area (Å²) in [6, 6.07) is 4.88. The van der Waals surface area contributed by atoms with E-state index in [1.807, 2.05) is 0 Å². The highest BCUT2D eigenvalue weighted by molar-refractivity contribution is 5.78. The minimum absolute atomic E-state index is 0.133. The average molecular weight is 222 g/mol. The first kappa shape index (κ1) is 10.8. The zero-order chi connectivity index (χ0) is 11.8. The van der Waals surface area contributed by atoms with Gasteiger partial charge in [0.2, 0.25) is 0 Å². The summed E-state index contributed by atoms with van der Waals surface area (Å²) in [5.74, 6) is -0.0166. The lowest BCUT2D eigenvalue weighted by Gasteiger charge is -2.12. The number of aromatic hydroxyl groups is 1. The molecular weight excluding hydrogens is 208 g/mol. The first-order valence-electron chi connectivity index (χ1n) is 5.17. The number of phenols is 1. The molecule has 1 aliphatic rings. The summed E-state index contributed by atoms with van der Waals surface area (Å²) in [4.78, 5) is 11.0. The van der Waals surface area contributed by atoms with Gasteiger partial charge in [0.1, 0.15) is 11.5 Å². The molecule has 16 heavy (non-hydrogen) atoms. The van der Waals surface area contributed by atoms with Crippen molar-refractivity contribution in [3.8, 4) is 11.5 Å². The van der Waals surface area contributed by atoms with Crippen LogP contribution < -0.4 is 4.74 Å². The number of carboxylic acids is 1. The molecule has 0 bridgehead atoms. The van der Waals surface area contributed by atoms with E-state index in [2.05, 4.69) is 0 Å². The Morgan fingerprint density at radius 3 is 2.69 bits per heavy atom. The molecule has 4 nitrogen and oxygen atoms in total. The topological polar surface area (TPSA) is 66.8 Å². The van der Waals surface area contributed by atoms with E-state index >= 15 is 0 Å². The number of hydrogen-bond acceptors (Lipinski definition) is 3. The second-order valence-electron chi connectivity index (χ2n) is 4.26. The number of carboxylic acid groups (broad SMARTS) is 1. The predicted octanol–water partition coefficient (Wildman–Crippen LogP) is 1.81. The van der Waals surface area contributed by atoms with Gasteiger partial charge in [-0.25, -0.2) is 0 Å². The van der Waals surface area contributed by atoms with Crippen molar-refractivity contribution in [1.29, 1.82) is 0 Å². The van der Waals surface area contributed by atoms with E-state index < -0.39 is 11.4 Å². The number of rotatable bonds is 4. The number of benzene rings is 1. The van der Waals surface area contributed by atoms with Gasteiger partial charge in [0, 0.05) is 0 Å². The van der Waals surface area contributed by atoms with Crippen LogP contribution in [0.3, 0.4) is 0 Å². The number of hydrogen-bond donors (Lipinski definition) is 2. The van der Waals surface area contributed by atoms with E-state index in [-0.39, 0.29) is 5.75 Å². The summed E-state index contributed by atoms with van der Waals surface area (Å²) in [6.45, 7) is 0. The molecule has 2 rings (SSSR count). The van der Waals surface area contributed by atoms with Crippen LogP contribution in [0.4, 0.5) is 0 Å². The third-order valence-electron chi connectivity index (χ3n) is 3.12. The highest BCUT2D eigenvalue weighted by Gasteiger charge is 2.50. The van der Waals surface area contributed by atoms with Crippen LogP contribution in [0.15, 0.2) is 18.2 Å². The zero-order valence-corrected chi connectivity index (χ0v) is 9.06. The van der Waals surface area contributed by atoms with Gasteiger partial charge in [-0.15, -0.1) is 0 Å². The fourth-order valence-corrected chi connectivity index (χ4v) is 1.81. The second kappa shape index (κ2) is 3.70. The Kier molecular flexibility index (Phi) is 2.50. The minimum atomic E-state index is -0.783. The van der Waals surface area contributed by atoms with Crippen LogP contribution in [0, 0.1) is 5.41 Å². The van der Waals surface area contributed by atoms with E-state index in [0.717, 1.165) is 0 Å². The van der Waals surface area contributed by atoms with Gasteiger partial charge in [-0.05, 0) is 43.0 Å². The Morgan fingerprint density at radius 2 is 2.19 bits per heavy atom. The molecule has 0 atom stereocenters. The number of aliphatic carboxylic acids is 1. The Labute approximate surface area is 93.5 Å². The first-order chi connectivity index (χ1) is 7.57. The molecule has 1 aromatic rings.